The maximum Gasteiger partial charge on any atom is 0.410 e. The molecule has 0 saturated heterocycles. The number of hydrogen-bond donors (Lipinski definition) is 0. The van der Waals surface area contributed by atoms with Gasteiger partial charge in [0.2, 0.25) is 0 Å². The van der Waals surface area contributed by atoms with Crippen LogP contribution in [0.3, 0.4) is 0 Å². The molecule has 178 valence electrons. The SMILES string of the molecule is CN(Cc1cc(-c2ccccc2F)n(S(=O)(=O)c2ccc3scnc3c2)c1)C(=O)OC(C)(C)C. The molecule has 0 saturated carbocycles. The molecule has 2 heterocycles. The number of fused-ring (bicyclic) bond motifs is 1. The first kappa shape index (κ1) is 23.9. The van der Waals surface area contributed by atoms with Crippen LogP contribution in [0.4, 0.5) is 9.18 Å². The Balaban J connectivity index is 1.78. The van der Waals surface area contributed by atoms with Crippen LogP contribution in [0.2, 0.25) is 0 Å². The number of hydrogen-bond acceptors (Lipinski definition) is 6. The van der Waals surface area contributed by atoms with Crippen LogP contribution in [0.15, 0.2) is 65.1 Å². The van der Waals surface area contributed by atoms with E-state index in [1.807, 2.05) is 0 Å². The van der Waals surface area contributed by atoms with Gasteiger partial charge in [-0.3, -0.25) is 0 Å². The summed E-state index contributed by atoms with van der Waals surface area (Å²) >= 11 is 1.41. The van der Waals surface area contributed by atoms with Crippen LogP contribution < -0.4 is 0 Å². The molecule has 2 aromatic heterocycles. The maximum absolute atomic E-state index is 14.7. The summed E-state index contributed by atoms with van der Waals surface area (Å²) in [4.78, 5) is 18.0. The highest BCUT2D eigenvalue weighted by molar-refractivity contribution is 7.90. The van der Waals surface area contributed by atoms with Crippen molar-refractivity contribution in [2.45, 2.75) is 37.8 Å². The van der Waals surface area contributed by atoms with Crippen LogP contribution in [0.5, 0.6) is 0 Å². The Hall–Kier alpha value is -3.24. The van der Waals surface area contributed by atoms with Crippen molar-refractivity contribution >= 4 is 37.7 Å². The van der Waals surface area contributed by atoms with E-state index in [-0.39, 0.29) is 22.7 Å². The molecular formula is C24H24FN3O4S2. The average molecular weight is 502 g/mol. The molecule has 0 spiro atoms. The van der Waals surface area contributed by atoms with E-state index in [0.717, 1.165) is 8.67 Å². The van der Waals surface area contributed by atoms with Gasteiger partial charge in [-0.25, -0.2) is 26.6 Å². The molecule has 10 heteroatoms. The highest BCUT2D eigenvalue weighted by Gasteiger charge is 2.25. The van der Waals surface area contributed by atoms with Gasteiger partial charge >= 0.3 is 6.09 Å². The third kappa shape index (κ3) is 4.83. The van der Waals surface area contributed by atoms with E-state index in [1.165, 1.54) is 52.8 Å². The molecule has 0 unspecified atom stereocenters. The highest BCUT2D eigenvalue weighted by atomic mass is 32.2. The fraction of sp³-hybridized carbons (Fsp3) is 0.250. The summed E-state index contributed by atoms with van der Waals surface area (Å²) in [6.07, 6.45) is 0.855. The number of ether oxygens (including phenoxy) is 1. The van der Waals surface area contributed by atoms with Crippen molar-refractivity contribution in [3.63, 3.8) is 0 Å². The molecule has 34 heavy (non-hydrogen) atoms. The minimum Gasteiger partial charge on any atom is -0.444 e. The van der Waals surface area contributed by atoms with Gasteiger partial charge in [0.05, 0.1) is 32.9 Å². The van der Waals surface area contributed by atoms with E-state index in [9.17, 15) is 17.6 Å². The standard InChI is InChI=1S/C24H24FN3O4S2/c1-24(2,3)32-23(29)27(4)13-16-11-21(18-7-5-6-8-19(18)25)28(14-16)34(30,31)17-9-10-22-20(12-17)26-15-33-22/h5-12,14-15H,13H2,1-4H3. The van der Waals surface area contributed by atoms with Crippen molar-refractivity contribution in [1.82, 2.24) is 13.9 Å². The van der Waals surface area contributed by atoms with Crippen LogP contribution in [0.1, 0.15) is 26.3 Å². The summed E-state index contributed by atoms with van der Waals surface area (Å²) in [6.45, 7) is 5.36. The van der Waals surface area contributed by atoms with Crippen molar-refractivity contribution in [3.8, 4) is 11.3 Å². The second-order valence-electron chi connectivity index (χ2n) is 8.83. The summed E-state index contributed by atoms with van der Waals surface area (Å²) in [5, 5.41) is 0. The second kappa shape index (κ2) is 8.84. The Kier molecular flexibility index (Phi) is 6.22. The number of carbonyl (C=O) groups is 1. The zero-order valence-corrected chi connectivity index (χ0v) is 20.8. The predicted octanol–water partition coefficient (Wildman–Crippen LogP) is 5.51. The summed E-state index contributed by atoms with van der Waals surface area (Å²) in [5.74, 6) is -0.556. The first-order valence-electron chi connectivity index (χ1n) is 10.4. The molecule has 7 nitrogen and oxygen atoms in total. The van der Waals surface area contributed by atoms with Crippen LogP contribution in [-0.4, -0.2) is 41.0 Å². The van der Waals surface area contributed by atoms with E-state index in [0.29, 0.717) is 11.1 Å². The molecule has 0 radical (unpaired) electrons. The van der Waals surface area contributed by atoms with Gasteiger partial charge in [-0.05, 0) is 62.7 Å². The van der Waals surface area contributed by atoms with E-state index >= 15 is 0 Å². The molecule has 0 fully saturated rings. The molecule has 0 aliphatic rings. The number of nitrogens with zero attached hydrogens (tertiary/aromatic N) is 3. The Morgan fingerprint density at radius 3 is 2.62 bits per heavy atom. The minimum absolute atomic E-state index is 0.0335. The van der Waals surface area contributed by atoms with Crippen molar-refractivity contribution in [2.75, 3.05) is 7.05 Å². The van der Waals surface area contributed by atoms with Crippen molar-refractivity contribution in [2.24, 2.45) is 0 Å². The third-order valence-electron chi connectivity index (χ3n) is 4.98. The lowest BCUT2D eigenvalue weighted by atomic mass is 10.1. The number of carbonyl (C=O) groups excluding carboxylic acids is 1. The lowest BCUT2D eigenvalue weighted by Crippen LogP contribution is -2.33. The average Bonchev–Trinajstić information content (AvgIpc) is 3.39. The van der Waals surface area contributed by atoms with Gasteiger partial charge in [0.15, 0.2) is 0 Å². The summed E-state index contributed by atoms with van der Waals surface area (Å²) in [5.41, 5.74) is 2.33. The Morgan fingerprint density at radius 1 is 1.18 bits per heavy atom. The molecule has 4 aromatic rings. The number of aromatic nitrogens is 2. The summed E-state index contributed by atoms with van der Waals surface area (Å²) in [7, 11) is -2.53. The molecule has 0 aliphatic carbocycles. The first-order valence-corrected chi connectivity index (χ1v) is 12.8. The Morgan fingerprint density at radius 2 is 1.91 bits per heavy atom. The zero-order chi connectivity index (χ0) is 24.7. The van der Waals surface area contributed by atoms with Gasteiger partial charge in [-0.1, -0.05) is 12.1 Å². The number of amides is 1. The molecule has 2 aromatic carbocycles. The number of halogens is 1. The van der Waals surface area contributed by atoms with Crippen LogP contribution >= 0.6 is 11.3 Å². The fourth-order valence-corrected chi connectivity index (χ4v) is 5.51. The first-order chi connectivity index (χ1) is 16.0. The van der Waals surface area contributed by atoms with E-state index < -0.39 is 27.5 Å². The third-order valence-corrected chi connectivity index (χ3v) is 7.46. The molecule has 0 bridgehead atoms. The molecule has 1 amide bonds. The molecule has 4 rings (SSSR count). The smallest absolute Gasteiger partial charge is 0.410 e. The predicted molar refractivity (Wildman–Crippen MR) is 130 cm³/mol. The normalized spacial score (nSPS) is 12.1. The van der Waals surface area contributed by atoms with Crippen LogP contribution in [-0.2, 0) is 21.3 Å². The molecular weight excluding hydrogens is 477 g/mol. The van der Waals surface area contributed by atoms with E-state index in [1.54, 1.807) is 51.5 Å². The lowest BCUT2D eigenvalue weighted by molar-refractivity contribution is 0.0285. The van der Waals surface area contributed by atoms with Gasteiger partial charge < -0.3 is 9.64 Å². The topological polar surface area (TPSA) is 81.5 Å². The van der Waals surface area contributed by atoms with Gasteiger partial charge in [-0.15, -0.1) is 11.3 Å². The van der Waals surface area contributed by atoms with Gasteiger partial charge in [-0.2, -0.15) is 0 Å². The largest absolute Gasteiger partial charge is 0.444 e. The quantitative estimate of drug-likeness (QED) is 0.360. The van der Waals surface area contributed by atoms with Crippen molar-refractivity contribution < 1.29 is 22.3 Å². The van der Waals surface area contributed by atoms with Crippen molar-refractivity contribution in [1.29, 1.82) is 0 Å². The number of benzene rings is 2. The molecule has 0 N–H and O–H groups in total. The highest BCUT2D eigenvalue weighted by Crippen LogP contribution is 2.31. The maximum atomic E-state index is 14.7. The zero-order valence-electron chi connectivity index (χ0n) is 19.1. The Labute approximate surface area is 201 Å². The van der Waals surface area contributed by atoms with E-state index in [4.69, 9.17) is 4.74 Å². The second-order valence-corrected chi connectivity index (χ2v) is 11.5. The summed E-state index contributed by atoms with van der Waals surface area (Å²) in [6, 6.07) is 12.2. The minimum atomic E-state index is -4.09. The van der Waals surface area contributed by atoms with Crippen LogP contribution in [0.25, 0.3) is 21.5 Å². The number of rotatable bonds is 5. The van der Waals surface area contributed by atoms with Crippen LogP contribution in [0, 0.1) is 5.82 Å². The Bertz CT molecular complexity index is 1470. The fourth-order valence-electron chi connectivity index (χ4n) is 3.44. The molecule has 0 aliphatic heterocycles. The van der Waals surface area contributed by atoms with Gasteiger partial charge in [0.25, 0.3) is 10.0 Å². The molecule has 0 atom stereocenters. The van der Waals surface area contributed by atoms with Gasteiger partial charge in [0.1, 0.15) is 11.4 Å². The van der Waals surface area contributed by atoms with E-state index in [2.05, 4.69) is 4.98 Å². The van der Waals surface area contributed by atoms with Crippen molar-refractivity contribution in [3.05, 3.63) is 71.6 Å². The monoisotopic (exact) mass is 501 g/mol. The summed E-state index contributed by atoms with van der Waals surface area (Å²) < 4.78 is 49.3. The lowest BCUT2D eigenvalue weighted by Gasteiger charge is -2.24. The number of thiazole rings is 1. The van der Waals surface area contributed by atoms with Gasteiger partial charge in [0, 0.05) is 18.8 Å².